The number of carbonyl (C=O) groups is 1. The molecule has 0 aromatic carbocycles. The first-order chi connectivity index (χ1) is 4.70. The molecule has 2 atom stereocenters. The average molecular weight is 161 g/mol. The van der Waals surface area contributed by atoms with Crippen molar-refractivity contribution < 1.29 is 9.90 Å². The highest BCUT2D eigenvalue weighted by Gasteiger charge is 2.23. The molecule has 1 rings (SSSR count). The van der Waals surface area contributed by atoms with Crippen LogP contribution in [0.4, 0.5) is 0 Å². The van der Waals surface area contributed by atoms with Crippen molar-refractivity contribution in [3.05, 3.63) is 0 Å². The van der Waals surface area contributed by atoms with Gasteiger partial charge >= 0.3 is 5.97 Å². The maximum absolute atomic E-state index is 10.4. The van der Waals surface area contributed by atoms with Crippen LogP contribution in [0.15, 0.2) is 0 Å². The largest absolute Gasteiger partial charge is 0.480 e. The monoisotopic (exact) mass is 161 g/mol. The summed E-state index contributed by atoms with van der Waals surface area (Å²) in [7, 11) is 0. The number of hydrogen-bond acceptors (Lipinski definition) is 3. The predicted molar refractivity (Wildman–Crippen MR) is 41.1 cm³/mol. The third kappa shape index (κ3) is 1.88. The molecule has 0 spiro atoms. The van der Waals surface area contributed by atoms with Crippen molar-refractivity contribution in [2.24, 2.45) is 0 Å². The number of aliphatic carboxylic acids is 1. The fraction of sp³-hybridized carbons (Fsp3) is 0.833. The summed E-state index contributed by atoms with van der Waals surface area (Å²) in [5.41, 5.74) is 0. The zero-order valence-corrected chi connectivity index (χ0v) is 6.65. The first-order valence-corrected chi connectivity index (χ1v) is 4.35. The summed E-state index contributed by atoms with van der Waals surface area (Å²) < 4.78 is 0. The van der Waals surface area contributed by atoms with E-state index in [0.29, 0.717) is 0 Å². The highest BCUT2D eigenvalue weighted by molar-refractivity contribution is 7.99. The molecule has 2 N–H and O–H groups in total. The quantitative estimate of drug-likeness (QED) is 0.588. The Hall–Kier alpha value is -0.220. The Kier molecular flexibility index (Phi) is 2.56. The molecule has 1 aliphatic heterocycles. The minimum Gasteiger partial charge on any atom is -0.480 e. The van der Waals surface area contributed by atoms with Crippen LogP contribution in [0.25, 0.3) is 0 Å². The Labute approximate surface area is 64.2 Å². The fourth-order valence-electron chi connectivity index (χ4n) is 0.972. The third-order valence-corrected chi connectivity index (χ3v) is 2.62. The Morgan fingerprint density at radius 3 is 2.90 bits per heavy atom. The lowest BCUT2D eigenvalue weighted by Crippen LogP contribution is -2.44. The molecule has 0 amide bonds. The molecule has 3 nitrogen and oxygen atoms in total. The molecule has 10 heavy (non-hydrogen) atoms. The van der Waals surface area contributed by atoms with E-state index < -0.39 is 5.97 Å². The first-order valence-electron chi connectivity index (χ1n) is 3.30. The zero-order valence-electron chi connectivity index (χ0n) is 5.83. The van der Waals surface area contributed by atoms with Gasteiger partial charge in [-0.15, -0.1) is 11.8 Å². The number of hydrogen-bond donors (Lipinski definition) is 2. The minimum absolute atomic E-state index is 0.287. The van der Waals surface area contributed by atoms with Crippen LogP contribution in [-0.4, -0.2) is 28.2 Å². The third-order valence-electron chi connectivity index (χ3n) is 1.51. The van der Waals surface area contributed by atoms with Gasteiger partial charge in [-0.05, 0) is 19.1 Å². The van der Waals surface area contributed by atoms with Crippen LogP contribution in [-0.2, 0) is 4.79 Å². The Morgan fingerprint density at radius 1 is 1.80 bits per heavy atom. The van der Waals surface area contributed by atoms with Crippen molar-refractivity contribution in [2.75, 3.05) is 5.75 Å². The van der Waals surface area contributed by atoms with Crippen LogP contribution in [0.3, 0.4) is 0 Å². The van der Waals surface area contributed by atoms with Gasteiger partial charge in [0, 0.05) is 0 Å². The normalized spacial score (nSPS) is 33.7. The maximum Gasteiger partial charge on any atom is 0.320 e. The zero-order chi connectivity index (χ0) is 7.56. The van der Waals surface area contributed by atoms with E-state index >= 15 is 0 Å². The minimum atomic E-state index is -0.729. The molecule has 0 aromatic heterocycles. The molecule has 0 radical (unpaired) electrons. The van der Waals surface area contributed by atoms with Crippen molar-refractivity contribution in [3.8, 4) is 0 Å². The van der Waals surface area contributed by atoms with Gasteiger partial charge in [-0.1, -0.05) is 0 Å². The average Bonchev–Trinajstić information content (AvgIpc) is 1.88. The van der Waals surface area contributed by atoms with E-state index in [2.05, 4.69) is 5.32 Å². The summed E-state index contributed by atoms with van der Waals surface area (Å²) in [5.74, 6) is 0.220. The summed E-state index contributed by atoms with van der Waals surface area (Å²) in [4.78, 5) is 10.4. The molecule has 58 valence electrons. The van der Waals surface area contributed by atoms with Gasteiger partial charge in [0.2, 0.25) is 0 Å². The van der Waals surface area contributed by atoms with E-state index in [-0.39, 0.29) is 11.4 Å². The summed E-state index contributed by atoms with van der Waals surface area (Å²) in [6.07, 6.45) is 0.740. The van der Waals surface area contributed by atoms with Crippen molar-refractivity contribution in [3.63, 3.8) is 0 Å². The summed E-state index contributed by atoms with van der Waals surface area (Å²) in [6.45, 7) is 1.99. The molecule has 1 heterocycles. The number of carboxylic acids is 1. The van der Waals surface area contributed by atoms with E-state index in [0.717, 1.165) is 12.2 Å². The van der Waals surface area contributed by atoms with Gasteiger partial charge in [-0.2, -0.15) is 0 Å². The van der Waals surface area contributed by atoms with E-state index in [9.17, 15) is 4.79 Å². The molecule has 2 unspecified atom stereocenters. The number of nitrogens with one attached hydrogen (secondary N) is 1. The molecule has 1 aliphatic rings. The van der Waals surface area contributed by atoms with Crippen molar-refractivity contribution in [2.45, 2.75) is 24.8 Å². The van der Waals surface area contributed by atoms with Gasteiger partial charge in [0.15, 0.2) is 0 Å². The van der Waals surface area contributed by atoms with Gasteiger partial charge in [0.25, 0.3) is 0 Å². The smallest absolute Gasteiger partial charge is 0.320 e. The molecule has 0 aliphatic carbocycles. The van der Waals surface area contributed by atoms with E-state index in [1.807, 2.05) is 6.92 Å². The van der Waals surface area contributed by atoms with Crippen LogP contribution < -0.4 is 5.32 Å². The van der Waals surface area contributed by atoms with E-state index in [4.69, 9.17) is 5.11 Å². The Bertz CT molecular complexity index is 140. The molecular weight excluding hydrogens is 150 g/mol. The van der Waals surface area contributed by atoms with Crippen LogP contribution in [0, 0.1) is 0 Å². The van der Waals surface area contributed by atoms with Gasteiger partial charge in [-0.25, -0.2) is 0 Å². The summed E-state index contributed by atoms with van der Waals surface area (Å²) >= 11 is 1.76. The molecule has 4 heteroatoms. The second kappa shape index (κ2) is 3.25. The van der Waals surface area contributed by atoms with Crippen LogP contribution in [0.5, 0.6) is 0 Å². The van der Waals surface area contributed by atoms with Crippen LogP contribution in [0.1, 0.15) is 13.3 Å². The lowest BCUT2D eigenvalue weighted by Gasteiger charge is -2.24. The molecule has 0 saturated carbocycles. The highest BCUT2D eigenvalue weighted by atomic mass is 32.2. The van der Waals surface area contributed by atoms with Crippen molar-refractivity contribution >= 4 is 17.7 Å². The molecule has 0 aromatic rings. The second-order valence-electron chi connectivity index (χ2n) is 2.36. The van der Waals surface area contributed by atoms with Gasteiger partial charge in [-0.3, -0.25) is 10.1 Å². The lowest BCUT2D eigenvalue weighted by atomic mass is 10.2. The molecule has 1 fully saturated rings. The number of rotatable bonds is 1. The van der Waals surface area contributed by atoms with Crippen LogP contribution >= 0.6 is 11.8 Å². The standard InChI is InChI=1S/C6H11NO2S/c1-4-7-5(6(8)9)2-3-10-4/h4-5,7H,2-3H2,1H3,(H,8,9). The predicted octanol–water partition coefficient (Wildman–Crippen LogP) is 0.512. The number of carboxylic acid groups (broad SMARTS) is 1. The Balaban J connectivity index is 2.39. The van der Waals surface area contributed by atoms with Gasteiger partial charge in [0.1, 0.15) is 6.04 Å². The topological polar surface area (TPSA) is 49.3 Å². The SMILES string of the molecule is CC1NC(C(=O)O)CCS1. The van der Waals surface area contributed by atoms with Gasteiger partial charge in [0.05, 0.1) is 5.37 Å². The highest BCUT2D eigenvalue weighted by Crippen LogP contribution is 2.17. The summed E-state index contributed by atoms with van der Waals surface area (Å²) in [5, 5.41) is 11.9. The summed E-state index contributed by atoms with van der Waals surface area (Å²) in [6, 6.07) is -0.323. The fourth-order valence-corrected chi connectivity index (χ4v) is 1.96. The Morgan fingerprint density at radius 2 is 2.50 bits per heavy atom. The molecular formula is C6H11NO2S. The molecule has 1 saturated heterocycles. The van der Waals surface area contributed by atoms with Crippen LogP contribution in [0.2, 0.25) is 0 Å². The maximum atomic E-state index is 10.4. The lowest BCUT2D eigenvalue weighted by molar-refractivity contribution is -0.139. The van der Waals surface area contributed by atoms with Crippen molar-refractivity contribution in [1.82, 2.24) is 5.32 Å². The van der Waals surface area contributed by atoms with Gasteiger partial charge < -0.3 is 5.11 Å². The first kappa shape index (κ1) is 7.88. The van der Waals surface area contributed by atoms with E-state index in [1.165, 1.54) is 0 Å². The molecule has 0 bridgehead atoms. The number of thioether (sulfide) groups is 1. The second-order valence-corrected chi connectivity index (χ2v) is 3.81. The van der Waals surface area contributed by atoms with E-state index in [1.54, 1.807) is 11.8 Å². The van der Waals surface area contributed by atoms with Crippen molar-refractivity contribution in [1.29, 1.82) is 0 Å².